The Morgan fingerprint density at radius 1 is 1.04 bits per heavy atom. The van der Waals surface area contributed by atoms with Crippen LogP contribution >= 0.6 is 0 Å². The van der Waals surface area contributed by atoms with Crippen LogP contribution < -0.4 is 0 Å². The number of carbonyl (C=O) groups excluding carboxylic acids is 1. The van der Waals surface area contributed by atoms with Gasteiger partial charge in [-0.1, -0.05) is 30.3 Å². The summed E-state index contributed by atoms with van der Waals surface area (Å²) in [5, 5.41) is 0. The molecule has 0 spiro atoms. The third kappa shape index (κ3) is 4.14. The van der Waals surface area contributed by atoms with Gasteiger partial charge >= 0.3 is 24.0 Å². The maximum absolute atomic E-state index is 13.6. The van der Waals surface area contributed by atoms with Gasteiger partial charge in [0.1, 0.15) is 0 Å². The minimum Gasteiger partial charge on any atom is -0.466 e. The van der Waals surface area contributed by atoms with Gasteiger partial charge in [-0.05, 0) is 12.5 Å². The molecule has 9 heteroatoms. The number of ether oxygens (including phenoxy) is 1. The number of esters is 1. The van der Waals surface area contributed by atoms with Crippen molar-refractivity contribution in [1.82, 2.24) is 0 Å². The van der Waals surface area contributed by atoms with Crippen molar-refractivity contribution in [3.63, 3.8) is 0 Å². The normalized spacial score (nSPS) is 14.4. The number of halogens is 7. The summed E-state index contributed by atoms with van der Waals surface area (Å²) in [6.45, 7) is 1.12. The molecule has 0 saturated heterocycles. The van der Waals surface area contributed by atoms with Crippen LogP contribution in [0.2, 0.25) is 0 Å². The first-order chi connectivity index (χ1) is 10.4. The SMILES string of the molecule is CCOC(=O)C(CC(F)(F)C(F)(F)C(F)(F)F)c1ccccc1. The molecule has 1 rings (SSSR count). The van der Waals surface area contributed by atoms with Crippen molar-refractivity contribution in [2.45, 2.75) is 37.3 Å². The molecule has 23 heavy (non-hydrogen) atoms. The van der Waals surface area contributed by atoms with Gasteiger partial charge in [0.25, 0.3) is 0 Å². The maximum atomic E-state index is 13.6. The minimum absolute atomic E-state index is 0.136. The summed E-state index contributed by atoms with van der Waals surface area (Å²) in [7, 11) is 0. The predicted molar refractivity (Wildman–Crippen MR) is 66.4 cm³/mol. The molecule has 0 aromatic heterocycles. The first-order valence-electron chi connectivity index (χ1n) is 6.48. The van der Waals surface area contributed by atoms with Crippen molar-refractivity contribution in [3.05, 3.63) is 35.9 Å². The Balaban J connectivity index is 3.17. The molecule has 0 aliphatic rings. The van der Waals surface area contributed by atoms with Crippen LogP contribution in [0.1, 0.15) is 24.8 Å². The van der Waals surface area contributed by atoms with Gasteiger partial charge in [-0.15, -0.1) is 0 Å². The highest BCUT2D eigenvalue weighted by Gasteiger charge is 2.73. The summed E-state index contributed by atoms with van der Waals surface area (Å²) in [5.41, 5.74) is -0.136. The number of rotatable bonds is 6. The smallest absolute Gasteiger partial charge is 0.459 e. The topological polar surface area (TPSA) is 26.3 Å². The highest BCUT2D eigenvalue weighted by Crippen LogP contribution is 2.50. The minimum atomic E-state index is -6.44. The molecule has 1 aromatic rings. The van der Waals surface area contributed by atoms with E-state index >= 15 is 0 Å². The molecule has 0 saturated carbocycles. The van der Waals surface area contributed by atoms with Gasteiger partial charge in [0.05, 0.1) is 12.5 Å². The van der Waals surface area contributed by atoms with E-state index in [4.69, 9.17) is 0 Å². The quantitative estimate of drug-likeness (QED) is 0.558. The second-order valence-corrected chi connectivity index (χ2v) is 4.70. The first kappa shape index (κ1) is 19.2. The molecule has 1 aromatic carbocycles. The van der Waals surface area contributed by atoms with Crippen LogP contribution in [0.4, 0.5) is 30.7 Å². The number of carbonyl (C=O) groups is 1. The molecule has 0 radical (unpaired) electrons. The van der Waals surface area contributed by atoms with E-state index in [1.54, 1.807) is 0 Å². The average Bonchev–Trinajstić information content (AvgIpc) is 2.44. The van der Waals surface area contributed by atoms with Crippen molar-refractivity contribution in [2.24, 2.45) is 0 Å². The van der Waals surface area contributed by atoms with Crippen molar-refractivity contribution >= 4 is 5.97 Å². The lowest BCUT2D eigenvalue weighted by atomic mass is 9.90. The second-order valence-electron chi connectivity index (χ2n) is 4.70. The van der Waals surface area contributed by atoms with Crippen molar-refractivity contribution < 1.29 is 40.3 Å². The molecule has 0 N–H and O–H groups in total. The zero-order chi connectivity index (χ0) is 17.9. The molecule has 0 aliphatic heterocycles. The van der Waals surface area contributed by atoms with E-state index in [0.717, 1.165) is 0 Å². The highest BCUT2D eigenvalue weighted by atomic mass is 19.4. The van der Waals surface area contributed by atoms with Crippen LogP contribution in [-0.2, 0) is 9.53 Å². The van der Waals surface area contributed by atoms with Crippen LogP contribution in [0.15, 0.2) is 30.3 Å². The fourth-order valence-electron chi connectivity index (χ4n) is 1.86. The van der Waals surface area contributed by atoms with Gasteiger partial charge in [-0.2, -0.15) is 30.7 Å². The van der Waals surface area contributed by atoms with Gasteiger partial charge in [0.15, 0.2) is 0 Å². The Bertz CT molecular complexity index is 526. The Hall–Kier alpha value is -1.80. The molecule has 0 heterocycles. The second kappa shape index (κ2) is 6.76. The third-order valence-corrected chi connectivity index (χ3v) is 3.05. The van der Waals surface area contributed by atoms with Crippen LogP contribution in [-0.4, -0.2) is 30.6 Å². The lowest BCUT2D eigenvalue weighted by Crippen LogP contribution is -2.52. The van der Waals surface area contributed by atoms with Gasteiger partial charge in [0, 0.05) is 6.42 Å². The monoisotopic (exact) mass is 346 g/mol. The van der Waals surface area contributed by atoms with E-state index in [1.165, 1.54) is 37.3 Å². The number of hydrogen-bond acceptors (Lipinski definition) is 2. The largest absolute Gasteiger partial charge is 0.466 e. The molecule has 130 valence electrons. The lowest BCUT2D eigenvalue weighted by Gasteiger charge is -2.30. The van der Waals surface area contributed by atoms with Crippen molar-refractivity contribution in [3.8, 4) is 0 Å². The summed E-state index contributed by atoms with van der Waals surface area (Å²) in [6.07, 6.45) is -8.46. The van der Waals surface area contributed by atoms with E-state index in [1.807, 2.05) is 0 Å². The number of benzene rings is 1. The predicted octanol–water partition coefficient (Wildman–Crippen LogP) is 4.56. The van der Waals surface area contributed by atoms with Gasteiger partial charge in [-0.3, -0.25) is 4.79 Å². The third-order valence-electron chi connectivity index (χ3n) is 3.05. The molecule has 0 amide bonds. The molecular formula is C14H13F7O2. The molecular weight excluding hydrogens is 333 g/mol. The standard InChI is InChI=1S/C14H13F7O2/c1-2-23-11(22)10(9-6-4-3-5-7-9)8-12(15,16)13(17,18)14(19,20)21/h3-7,10H,2,8H2,1H3. The molecule has 0 aliphatic carbocycles. The average molecular weight is 346 g/mol. The lowest BCUT2D eigenvalue weighted by molar-refractivity contribution is -0.356. The van der Waals surface area contributed by atoms with E-state index in [2.05, 4.69) is 4.74 Å². The molecule has 1 unspecified atom stereocenters. The summed E-state index contributed by atoms with van der Waals surface area (Å²) in [5.74, 6) is -15.0. The molecule has 0 bridgehead atoms. The molecule has 2 nitrogen and oxygen atoms in total. The number of hydrogen-bond donors (Lipinski definition) is 0. The van der Waals surface area contributed by atoms with Crippen LogP contribution in [0, 0.1) is 0 Å². The summed E-state index contributed by atoms with van der Waals surface area (Å²) >= 11 is 0. The zero-order valence-corrected chi connectivity index (χ0v) is 11.8. The van der Waals surface area contributed by atoms with Crippen molar-refractivity contribution in [1.29, 1.82) is 0 Å². The molecule has 1 atom stereocenters. The zero-order valence-electron chi connectivity index (χ0n) is 11.8. The summed E-state index contributed by atoms with van der Waals surface area (Å²) in [4.78, 5) is 11.7. The van der Waals surface area contributed by atoms with E-state index in [-0.39, 0.29) is 12.2 Å². The summed E-state index contributed by atoms with van der Waals surface area (Å²) in [6, 6.07) is 6.48. The highest BCUT2D eigenvalue weighted by molar-refractivity contribution is 5.78. The Morgan fingerprint density at radius 3 is 2.00 bits per heavy atom. The van der Waals surface area contributed by atoms with E-state index in [0.29, 0.717) is 0 Å². The van der Waals surface area contributed by atoms with E-state index in [9.17, 15) is 35.5 Å². The van der Waals surface area contributed by atoms with Crippen LogP contribution in [0.3, 0.4) is 0 Å². The molecule has 0 fully saturated rings. The van der Waals surface area contributed by atoms with Crippen molar-refractivity contribution in [2.75, 3.05) is 6.61 Å². The van der Waals surface area contributed by atoms with Crippen LogP contribution in [0.25, 0.3) is 0 Å². The fourth-order valence-corrected chi connectivity index (χ4v) is 1.86. The number of alkyl halides is 7. The maximum Gasteiger partial charge on any atom is 0.459 e. The Kier molecular flexibility index (Phi) is 5.65. The first-order valence-corrected chi connectivity index (χ1v) is 6.48. The van der Waals surface area contributed by atoms with Gasteiger partial charge in [-0.25, -0.2) is 0 Å². The van der Waals surface area contributed by atoms with Gasteiger partial charge < -0.3 is 4.74 Å². The van der Waals surface area contributed by atoms with Gasteiger partial charge in [0.2, 0.25) is 0 Å². The van der Waals surface area contributed by atoms with E-state index < -0.39 is 36.3 Å². The Morgan fingerprint density at radius 2 is 1.57 bits per heavy atom. The summed E-state index contributed by atoms with van der Waals surface area (Å²) < 4.78 is 94.2. The van der Waals surface area contributed by atoms with Crippen LogP contribution in [0.5, 0.6) is 0 Å². The Labute approximate surface area is 127 Å². The fraction of sp³-hybridized carbons (Fsp3) is 0.500.